The fraction of sp³-hybridized carbons (Fsp3) is 0.148. The molecule has 1 amide bonds. The number of anilines is 1. The van der Waals surface area contributed by atoms with E-state index in [9.17, 15) is 14.0 Å². The molecule has 172 valence electrons. The first-order valence-corrected chi connectivity index (χ1v) is 10.9. The van der Waals surface area contributed by atoms with Crippen LogP contribution in [0.15, 0.2) is 72.8 Å². The van der Waals surface area contributed by atoms with Crippen LogP contribution in [0.1, 0.15) is 25.8 Å². The average molecular weight is 458 g/mol. The van der Waals surface area contributed by atoms with Gasteiger partial charge in [0, 0.05) is 24.6 Å². The number of rotatable bonds is 6. The third kappa shape index (κ3) is 4.88. The second kappa shape index (κ2) is 9.70. The Morgan fingerprint density at radius 3 is 2.15 bits per heavy atom. The molecule has 0 saturated heterocycles. The monoisotopic (exact) mass is 457 g/mol. The Labute approximate surface area is 197 Å². The number of carbonyl (C=O) groups excluding carboxylic acids is 2. The third-order valence-corrected chi connectivity index (χ3v) is 5.26. The number of benzene rings is 3. The number of halogens is 1. The molecule has 4 aromatic rings. The lowest BCUT2D eigenvalue weighted by molar-refractivity contribution is -0.132. The highest BCUT2D eigenvalue weighted by Gasteiger charge is 2.24. The van der Waals surface area contributed by atoms with Crippen molar-refractivity contribution < 1.29 is 18.7 Å². The van der Waals surface area contributed by atoms with E-state index < -0.39 is 5.97 Å². The summed E-state index contributed by atoms with van der Waals surface area (Å²) in [5.74, 6) is -0.752. The molecule has 7 heteroatoms. The molecule has 1 heterocycles. The summed E-state index contributed by atoms with van der Waals surface area (Å²) in [6.07, 6.45) is 0.375. The van der Waals surface area contributed by atoms with Crippen LogP contribution in [0.25, 0.3) is 28.1 Å². The molecule has 0 aliphatic rings. The van der Waals surface area contributed by atoms with Crippen LogP contribution in [-0.4, -0.2) is 21.7 Å². The molecule has 0 atom stereocenters. The van der Waals surface area contributed by atoms with Gasteiger partial charge in [-0.15, -0.1) is 0 Å². The lowest BCUT2D eigenvalue weighted by Gasteiger charge is -2.10. The Kier molecular flexibility index (Phi) is 6.54. The molecular weight excluding hydrogens is 433 g/mol. The predicted molar refractivity (Wildman–Crippen MR) is 129 cm³/mol. The standard InChI is InChI=1S/C27H24FN3O3/c1-4-24(33)29-22-13-9-19(10-14-22)25-26(20-7-5-17(2)6-8-20)30-31(27(25)34-18(3)32)23-15-11-21(28)12-16-23/h5-16H,4H2,1-3H3,(H,29,33). The molecule has 34 heavy (non-hydrogen) atoms. The van der Waals surface area contributed by atoms with Crippen molar-refractivity contribution in [2.45, 2.75) is 27.2 Å². The largest absolute Gasteiger partial charge is 0.407 e. The quantitative estimate of drug-likeness (QED) is 0.364. The van der Waals surface area contributed by atoms with Crippen LogP contribution in [-0.2, 0) is 9.59 Å². The van der Waals surface area contributed by atoms with Gasteiger partial charge in [-0.3, -0.25) is 9.59 Å². The van der Waals surface area contributed by atoms with Crippen LogP contribution in [0.2, 0.25) is 0 Å². The molecule has 1 aromatic heterocycles. The lowest BCUT2D eigenvalue weighted by Crippen LogP contribution is -2.09. The van der Waals surface area contributed by atoms with E-state index in [1.807, 2.05) is 43.3 Å². The van der Waals surface area contributed by atoms with Gasteiger partial charge >= 0.3 is 5.97 Å². The van der Waals surface area contributed by atoms with Crippen molar-refractivity contribution in [3.8, 4) is 34.0 Å². The average Bonchev–Trinajstić information content (AvgIpc) is 3.19. The highest BCUT2D eigenvalue weighted by atomic mass is 19.1. The minimum absolute atomic E-state index is 0.0853. The maximum atomic E-state index is 13.6. The number of hydrogen-bond donors (Lipinski definition) is 1. The van der Waals surface area contributed by atoms with E-state index in [0.29, 0.717) is 29.1 Å². The summed E-state index contributed by atoms with van der Waals surface area (Å²) in [7, 11) is 0. The van der Waals surface area contributed by atoms with E-state index >= 15 is 0 Å². The molecule has 0 spiro atoms. The van der Waals surface area contributed by atoms with Gasteiger partial charge in [-0.25, -0.2) is 4.39 Å². The summed E-state index contributed by atoms with van der Waals surface area (Å²) >= 11 is 0. The maximum absolute atomic E-state index is 13.6. The Hall–Kier alpha value is -4.26. The normalized spacial score (nSPS) is 10.7. The van der Waals surface area contributed by atoms with E-state index in [-0.39, 0.29) is 17.6 Å². The third-order valence-electron chi connectivity index (χ3n) is 5.26. The van der Waals surface area contributed by atoms with Gasteiger partial charge in [0.1, 0.15) is 11.5 Å². The van der Waals surface area contributed by atoms with Crippen LogP contribution in [0.3, 0.4) is 0 Å². The zero-order chi connectivity index (χ0) is 24.2. The Morgan fingerprint density at radius 1 is 0.941 bits per heavy atom. The second-order valence-corrected chi connectivity index (χ2v) is 7.86. The van der Waals surface area contributed by atoms with Gasteiger partial charge in [0.25, 0.3) is 0 Å². The number of aromatic nitrogens is 2. The van der Waals surface area contributed by atoms with Gasteiger partial charge in [0.15, 0.2) is 0 Å². The number of nitrogens with one attached hydrogen (secondary N) is 1. The molecule has 0 saturated carbocycles. The van der Waals surface area contributed by atoms with Gasteiger partial charge < -0.3 is 10.1 Å². The molecule has 0 aliphatic heterocycles. The number of ether oxygens (including phenoxy) is 1. The zero-order valence-corrected chi connectivity index (χ0v) is 19.1. The highest BCUT2D eigenvalue weighted by molar-refractivity contribution is 5.92. The van der Waals surface area contributed by atoms with Gasteiger partial charge in [0.2, 0.25) is 11.8 Å². The van der Waals surface area contributed by atoms with Crippen LogP contribution < -0.4 is 10.1 Å². The van der Waals surface area contributed by atoms with Crippen molar-refractivity contribution in [1.29, 1.82) is 0 Å². The topological polar surface area (TPSA) is 73.2 Å². The molecule has 3 aromatic carbocycles. The smallest absolute Gasteiger partial charge is 0.309 e. The number of amides is 1. The minimum Gasteiger partial charge on any atom is -0.407 e. The van der Waals surface area contributed by atoms with Gasteiger partial charge in [-0.05, 0) is 48.9 Å². The number of carbonyl (C=O) groups is 2. The fourth-order valence-electron chi connectivity index (χ4n) is 3.53. The summed E-state index contributed by atoms with van der Waals surface area (Å²) in [5.41, 5.74) is 5.09. The van der Waals surface area contributed by atoms with Crippen molar-refractivity contribution >= 4 is 17.6 Å². The Bertz CT molecular complexity index is 1330. The Balaban J connectivity index is 1.93. The van der Waals surface area contributed by atoms with E-state index in [0.717, 1.165) is 16.7 Å². The van der Waals surface area contributed by atoms with Crippen molar-refractivity contribution in [3.05, 3.63) is 84.2 Å². The van der Waals surface area contributed by atoms with Crippen molar-refractivity contribution in [2.75, 3.05) is 5.32 Å². The maximum Gasteiger partial charge on any atom is 0.309 e. The molecule has 6 nitrogen and oxygen atoms in total. The van der Waals surface area contributed by atoms with Crippen molar-refractivity contribution in [2.24, 2.45) is 0 Å². The van der Waals surface area contributed by atoms with Gasteiger partial charge in [-0.1, -0.05) is 48.9 Å². The van der Waals surface area contributed by atoms with Gasteiger partial charge in [0.05, 0.1) is 11.3 Å². The van der Waals surface area contributed by atoms with E-state index in [2.05, 4.69) is 5.32 Å². The first-order chi connectivity index (χ1) is 16.4. The first kappa shape index (κ1) is 22.9. The van der Waals surface area contributed by atoms with Crippen molar-refractivity contribution in [3.63, 3.8) is 0 Å². The van der Waals surface area contributed by atoms with Crippen LogP contribution in [0.5, 0.6) is 5.88 Å². The molecule has 4 rings (SSSR count). The Morgan fingerprint density at radius 2 is 1.56 bits per heavy atom. The summed E-state index contributed by atoms with van der Waals surface area (Å²) in [5, 5.41) is 7.60. The van der Waals surface area contributed by atoms with Crippen LogP contribution >= 0.6 is 0 Å². The summed E-state index contributed by atoms with van der Waals surface area (Å²) < 4.78 is 20.7. The predicted octanol–water partition coefficient (Wildman–Crippen LogP) is 5.93. The number of esters is 1. The second-order valence-electron chi connectivity index (χ2n) is 7.86. The molecular formula is C27H24FN3O3. The number of hydrogen-bond acceptors (Lipinski definition) is 4. The van der Waals surface area contributed by atoms with E-state index in [4.69, 9.17) is 9.84 Å². The van der Waals surface area contributed by atoms with E-state index in [1.165, 1.54) is 23.7 Å². The molecule has 0 aliphatic carbocycles. The van der Waals surface area contributed by atoms with E-state index in [1.54, 1.807) is 31.2 Å². The molecule has 0 fully saturated rings. The molecule has 1 N–H and O–H groups in total. The lowest BCUT2D eigenvalue weighted by atomic mass is 10.00. The number of aryl methyl sites for hydroxylation is 1. The van der Waals surface area contributed by atoms with Crippen molar-refractivity contribution in [1.82, 2.24) is 9.78 Å². The SMILES string of the molecule is CCC(=O)Nc1ccc(-c2c(-c3ccc(C)cc3)nn(-c3ccc(F)cc3)c2OC(C)=O)cc1. The highest BCUT2D eigenvalue weighted by Crippen LogP contribution is 2.41. The number of nitrogens with zero attached hydrogens (tertiary/aromatic N) is 2. The molecule has 0 bridgehead atoms. The minimum atomic E-state index is -0.508. The summed E-state index contributed by atoms with van der Waals surface area (Å²) in [6.45, 7) is 5.10. The summed E-state index contributed by atoms with van der Waals surface area (Å²) in [6, 6.07) is 20.9. The molecule has 0 unspecified atom stereocenters. The van der Waals surface area contributed by atoms with Gasteiger partial charge in [-0.2, -0.15) is 9.78 Å². The summed E-state index contributed by atoms with van der Waals surface area (Å²) in [4.78, 5) is 23.8. The fourth-order valence-corrected chi connectivity index (χ4v) is 3.53. The molecule has 0 radical (unpaired) electrons. The van der Waals surface area contributed by atoms with Crippen LogP contribution in [0, 0.1) is 12.7 Å². The zero-order valence-electron chi connectivity index (χ0n) is 19.1. The first-order valence-electron chi connectivity index (χ1n) is 10.9. The van der Waals surface area contributed by atoms with Crippen LogP contribution in [0.4, 0.5) is 10.1 Å².